The molecule has 2 aromatic rings. The first-order valence-electron chi connectivity index (χ1n) is 18.3. The number of anilines is 1. The summed E-state index contributed by atoms with van der Waals surface area (Å²) in [4.78, 5) is 88.1. The number of β-lactam (4-membered cyclic amide) rings is 1. The summed E-state index contributed by atoms with van der Waals surface area (Å²) in [7, 11) is 0. The van der Waals surface area contributed by atoms with Crippen molar-refractivity contribution in [2.24, 2.45) is 5.16 Å². The van der Waals surface area contributed by atoms with E-state index in [0.29, 0.717) is 12.1 Å². The molecule has 4 rings (SSSR count). The van der Waals surface area contributed by atoms with Crippen LogP contribution in [0.25, 0.3) is 0 Å². The SMILES string of the molecule is C[C@@H](c1cnn(C[C@H]2NC(=O)[C@H]2NC(=O)C(=NOC2(C(=O)O)CC2)c2csc(NC(=O)OC(C)(C)C)n2)n1)N(CCCNC(=O)OC(C)(C)C)C(=O)OC(C)(C)C. The molecule has 1 saturated heterocycles. The average molecular weight is 821 g/mol. The van der Waals surface area contributed by atoms with Gasteiger partial charge in [-0.05, 0) is 75.7 Å². The van der Waals surface area contributed by atoms with Crippen molar-refractivity contribution in [1.29, 1.82) is 0 Å². The van der Waals surface area contributed by atoms with E-state index in [1.54, 1.807) is 69.2 Å². The van der Waals surface area contributed by atoms with Gasteiger partial charge in [0.1, 0.15) is 34.2 Å². The smallest absolute Gasteiger partial charge is 0.413 e. The third-order valence-electron chi connectivity index (χ3n) is 7.96. The van der Waals surface area contributed by atoms with Gasteiger partial charge in [0.05, 0.1) is 24.8 Å². The van der Waals surface area contributed by atoms with Gasteiger partial charge in [0, 0.05) is 31.3 Å². The maximum absolute atomic E-state index is 13.6. The maximum atomic E-state index is 13.6. The molecule has 0 spiro atoms. The summed E-state index contributed by atoms with van der Waals surface area (Å²) < 4.78 is 16.2. The van der Waals surface area contributed by atoms with Gasteiger partial charge in [-0.2, -0.15) is 15.0 Å². The normalized spacial score (nSPS) is 18.2. The zero-order valence-electron chi connectivity index (χ0n) is 33.8. The molecular weight excluding hydrogens is 769 g/mol. The second-order valence-corrected chi connectivity index (χ2v) is 17.4. The lowest BCUT2D eigenvalue weighted by Crippen LogP contribution is -2.70. The van der Waals surface area contributed by atoms with Crippen LogP contribution < -0.4 is 21.3 Å². The van der Waals surface area contributed by atoms with Crippen molar-refractivity contribution in [3.8, 4) is 0 Å². The minimum atomic E-state index is -1.59. The summed E-state index contributed by atoms with van der Waals surface area (Å²) in [5, 5.41) is 34.2. The first kappa shape index (κ1) is 44.2. The molecule has 0 radical (unpaired) electrons. The highest BCUT2D eigenvalue weighted by atomic mass is 32.1. The Hall–Kier alpha value is -5.54. The van der Waals surface area contributed by atoms with Gasteiger partial charge in [0.2, 0.25) is 11.5 Å². The summed E-state index contributed by atoms with van der Waals surface area (Å²) in [6.07, 6.45) is 0.242. The number of hydrogen-bond acceptors (Lipinski definition) is 15. The molecule has 0 bridgehead atoms. The van der Waals surface area contributed by atoms with Crippen molar-refractivity contribution in [2.45, 2.75) is 136 Å². The van der Waals surface area contributed by atoms with E-state index >= 15 is 0 Å². The minimum absolute atomic E-state index is 0.0153. The lowest BCUT2D eigenvalue weighted by atomic mass is 9.98. The largest absolute Gasteiger partial charge is 0.478 e. The molecule has 1 aliphatic heterocycles. The van der Waals surface area contributed by atoms with E-state index in [9.17, 15) is 33.9 Å². The number of rotatable bonds is 15. The van der Waals surface area contributed by atoms with E-state index in [4.69, 9.17) is 19.0 Å². The Labute approximate surface area is 333 Å². The van der Waals surface area contributed by atoms with E-state index in [-0.39, 0.29) is 43.3 Å². The van der Waals surface area contributed by atoms with E-state index in [2.05, 4.69) is 41.6 Å². The number of nitrogens with one attached hydrogen (secondary N) is 4. The van der Waals surface area contributed by atoms with Crippen LogP contribution >= 0.6 is 11.3 Å². The number of hydrogen-bond donors (Lipinski definition) is 5. The predicted octanol–water partition coefficient (Wildman–Crippen LogP) is 3.32. The number of aromatic nitrogens is 4. The zero-order valence-corrected chi connectivity index (χ0v) is 34.6. The first-order chi connectivity index (χ1) is 26.3. The van der Waals surface area contributed by atoms with Crippen LogP contribution in [-0.4, -0.2) is 119 Å². The van der Waals surface area contributed by atoms with Crippen molar-refractivity contribution in [1.82, 2.24) is 40.8 Å². The molecule has 0 aromatic carbocycles. The topological polar surface area (TPSA) is 267 Å². The van der Waals surface area contributed by atoms with Crippen molar-refractivity contribution in [3.63, 3.8) is 0 Å². The number of oxime groups is 1. The monoisotopic (exact) mass is 820 g/mol. The molecule has 314 valence electrons. The standard InChI is InChI=1S/C35H52N10O11S/c1-19(44(31(52)55-34(8,9)10)15-11-14-36-29(50)53-32(2,3)4)20-16-37-45(42-20)17-21-23(25(46)38-21)40-26(47)24(43-56-35(12-13-35)27(48)49)22-18-57-28(39-22)41-30(51)54-33(5,6)7/h16,18-19,21,23H,11-15,17H2,1-10H3,(H,36,50)(H,38,46)(H,40,47)(H,48,49)(H,39,41,51)/t19-,21+,23-/m0/s1. The number of thiazole rings is 1. The van der Waals surface area contributed by atoms with Crippen LogP contribution in [0.4, 0.5) is 19.5 Å². The Balaban J connectivity index is 1.44. The van der Waals surface area contributed by atoms with Crippen LogP contribution in [0.15, 0.2) is 16.7 Å². The molecule has 2 fully saturated rings. The quantitative estimate of drug-likeness (QED) is 0.0568. The van der Waals surface area contributed by atoms with Gasteiger partial charge in [-0.1, -0.05) is 5.16 Å². The first-order valence-corrected chi connectivity index (χ1v) is 19.2. The summed E-state index contributed by atoms with van der Waals surface area (Å²) in [6.45, 7) is 17.8. The molecule has 21 nitrogen and oxygen atoms in total. The molecule has 22 heteroatoms. The lowest BCUT2D eigenvalue weighted by molar-refractivity contribution is -0.153. The Morgan fingerprint density at radius 3 is 2.25 bits per heavy atom. The van der Waals surface area contributed by atoms with Gasteiger partial charge in [-0.3, -0.25) is 19.8 Å². The zero-order chi connectivity index (χ0) is 42.5. The molecule has 0 unspecified atom stereocenters. The van der Waals surface area contributed by atoms with Gasteiger partial charge in [0.15, 0.2) is 10.8 Å². The van der Waals surface area contributed by atoms with E-state index < -0.39 is 82.3 Å². The number of alkyl carbamates (subject to hydrolysis) is 1. The molecule has 3 heterocycles. The highest BCUT2D eigenvalue weighted by molar-refractivity contribution is 7.14. The van der Waals surface area contributed by atoms with Crippen LogP contribution in [0.3, 0.4) is 0 Å². The highest BCUT2D eigenvalue weighted by Gasteiger charge is 2.55. The maximum Gasteiger partial charge on any atom is 0.413 e. The number of aliphatic carboxylic acids is 1. The third kappa shape index (κ3) is 13.0. The number of carboxylic acids is 1. The molecule has 3 atom stereocenters. The summed E-state index contributed by atoms with van der Waals surface area (Å²) in [6, 6.07) is -2.39. The molecule has 1 saturated carbocycles. The van der Waals surface area contributed by atoms with Crippen molar-refractivity contribution in [2.75, 3.05) is 18.4 Å². The molecule has 2 aromatic heterocycles. The minimum Gasteiger partial charge on any atom is -0.478 e. The number of carbonyl (C=O) groups excluding carboxylic acids is 5. The second-order valence-electron chi connectivity index (χ2n) is 16.5. The van der Waals surface area contributed by atoms with Gasteiger partial charge >= 0.3 is 24.2 Å². The molecule has 5 N–H and O–H groups in total. The fourth-order valence-electron chi connectivity index (χ4n) is 5.04. The van der Waals surface area contributed by atoms with E-state index in [1.807, 2.05) is 0 Å². The third-order valence-corrected chi connectivity index (χ3v) is 8.71. The van der Waals surface area contributed by atoms with Crippen LogP contribution in [0, 0.1) is 0 Å². The van der Waals surface area contributed by atoms with E-state index in [0.717, 1.165) is 11.3 Å². The Morgan fingerprint density at radius 2 is 1.67 bits per heavy atom. The van der Waals surface area contributed by atoms with Crippen LogP contribution in [0.5, 0.6) is 0 Å². The summed E-state index contributed by atoms with van der Waals surface area (Å²) in [5.41, 5.74) is -3.89. The van der Waals surface area contributed by atoms with Crippen LogP contribution in [0.2, 0.25) is 0 Å². The fraction of sp³-hybridized carbons (Fsp3) is 0.657. The Bertz CT molecular complexity index is 1850. The van der Waals surface area contributed by atoms with Crippen LogP contribution in [-0.2, 0) is 40.0 Å². The number of nitrogens with zero attached hydrogens (tertiary/aromatic N) is 6. The molecule has 1 aliphatic carbocycles. The van der Waals surface area contributed by atoms with Gasteiger partial charge in [-0.15, -0.1) is 11.3 Å². The summed E-state index contributed by atoms with van der Waals surface area (Å²) in [5.74, 6) is -2.66. The average Bonchev–Trinajstić information content (AvgIpc) is 3.47. The lowest BCUT2D eigenvalue weighted by Gasteiger charge is -2.36. The molecular formula is C35H52N10O11S. The predicted molar refractivity (Wildman–Crippen MR) is 203 cm³/mol. The number of amides is 5. The van der Waals surface area contributed by atoms with Crippen LogP contribution in [0.1, 0.15) is 106 Å². The van der Waals surface area contributed by atoms with Gasteiger partial charge in [-0.25, -0.2) is 24.2 Å². The van der Waals surface area contributed by atoms with Gasteiger partial charge in [0.25, 0.3) is 5.91 Å². The Morgan fingerprint density at radius 1 is 1.04 bits per heavy atom. The van der Waals surface area contributed by atoms with E-state index in [1.165, 1.54) is 21.3 Å². The van der Waals surface area contributed by atoms with Crippen molar-refractivity contribution >= 4 is 58.2 Å². The second kappa shape index (κ2) is 17.3. The fourth-order valence-corrected chi connectivity index (χ4v) is 5.72. The highest BCUT2D eigenvalue weighted by Crippen LogP contribution is 2.40. The molecule has 57 heavy (non-hydrogen) atoms. The van der Waals surface area contributed by atoms with Gasteiger partial charge < -0.3 is 40.1 Å². The summed E-state index contributed by atoms with van der Waals surface area (Å²) >= 11 is 0.956. The number of ether oxygens (including phenoxy) is 3. The molecule has 5 amide bonds. The number of carboxylic acid groups (broad SMARTS) is 1. The Kier molecular flexibility index (Phi) is 13.4. The number of carbonyl (C=O) groups is 6. The van der Waals surface area contributed by atoms with Crippen molar-refractivity contribution in [3.05, 3.63) is 23.0 Å². The molecule has 2 aliphatic rings. The van der Waals surface area contributed by atoms with Crippen molar-refractivity contribution < 1.29 is 52.9 Å².